The van der Waals surface area contributed by atoms with Crippen LogP contribution in [0.4, 0.5) is 0 Å². The maximum atomic E-state index is 5.77. The summed E-state index contributed by atoms with van der Waals surface area (Å²) in [6.07, 6.45) is 5.01. The lowest BCUT2D eigenvalue weighted by Crippen LogP contribution is -2.48. The minimum Gasteiger partial charge on any atom is -0.378 e. The molecule has 2 fully saturated rings. The fourth-order valence-electron chi connectivity index (χ4n) is 3.48. The van der Waals surface area contributed by atoms with E-state index in [-0.39, 0.29) is 24.0 Å². The zero-order valence-corrected chi connectivity index (χ0v) is 19.0. The number of aromatic nitrogens is 3. The Morgan fingerprint density at radius 1 is 1.30 bits per heavy atom. The normalized spacial score (nSPS) is 21.4. The maximum Gasteiger partial charge on any atom is 0.194 e. The summed E-state index contributed by atoms with van der Waals surface area (Å²) in [6.45, 7) is 8.92. The van der Waals surface area contributed by atoms with Gasteiger partial charge in [-0.15, -0.1) is 34.2 Å². The molecule has 27 heavy (non-hydrogen) atoms. The molecule has 0 aromatic carbocycles. The van der Waals surface area contributed by atoms with Crippen LogP contribution in [0.2, 0.25) is 0 Å². The van der Waals surface area contributed by atoms with Crippen molar-refractivity contribution in [1.82, 2.24) is 25.0 Å². The molecular formula is C18H33IN6O2. The highest BCUT2D eigenvalue weighted by atomic mass is 127. The van der Waals surface area contributed by atoms with Gasteiger partial charge in [-0.25, -0.2) is 4.99 Å². The first-order valence-corrected chi connectivity index (χ1v) is 9.78. The number of hydrogen-bond donors (Lipinski definition) is 1. The maximum absolute atomic E-state index is 5.77. The number of hydrogen-bond acceptors (Lipinski definition) is 5. The lowest BCUT2D eigenvalue weighted by molar-refractivity contribution is 0.0261. The van der Waals surface area contributed by atoms with Crippen LogP contribution in [0.5, 0.6) is 0 Å². The number of rotatable bonds is 6. The zero-order valence-electron chi connectivity index (χ0n) is 16.7. The van der Waals surface area contributed by atoms with E-state index in [0.717, 1.165) is 76.1 Å². The number of guanidine groups is 1. The van der Waals surface area contributed by atoms with Crippen LogP contribution in [0.3, 0.4) is 0 Å². The van der Waals surface area contributed by atoms with E-state index in [9.17, 15) is 0 Å². The summed E-state index contributed by atoms with van der Waals surface area (Å²) < 4.78 is 13.5. The van der Waals surface area contributed by atoms with Gasteiger partial charge in [-0.1, -0.05) is 0 Å². The second-order valence-corrected chi connectivity index (χ2v) is 7.02. The van der Waals surface area contributed by atoms with Gasteiger partial charge in [-0.3, -0.25) is 0 Å². The Hall–Kier alpha value is -0.940. The smallest absolute Gasteiger partial charge is 0.194 e. The number of halogens is 1. The van der Waals surface area contributed by atoms with Crippen molar-refractivity contribution in [1.29, 1.82) is 0 Å². The molecule has 0 spiro atoms. The highest BCUT2D eigenvalue weighted by Crippen LogP contribution is 2.15. The van der Waals surface area contributed by atoms with Crippen LogP contribution in [0.1, 0.15) is 44.3 Å². The van der Waals surface area contributed by atoms with Crippen LogP contribution in [0.25, 0.3) is 0 Å². The molecule has 2 aliphatic heterocycles. The van der Waals surface area contributed by atoms with Crippen LogP contribution < -0.4 is 5.32 Å². The molecule has 8 nitrogen and oxygen atoms in total. The predicted octanol–water partition coefficient (Wildman–Crippen LogP) is 1.87. The largest absolute Gasteiger partial charge is 0.378 e. The Bertz CT molecular complexity index is 595. The van der Waals surface area contributed by atoms with Crippen LogP contribution in [0.15, 0.2) is 4.99 Å². The summed E-state index contributed by atoms with van der Waals surface area (Å²) in [4.78, 5) is 7.16. The molecule has 2 aliphatic rings. The third kappa shape index (κ3) is 6.28. The average Bonchev–Trinajstić information content (AvgIpc) is 3.28. The first kappa shape index (κ1) is 22.4. The molecule has 0 aliphatic carbocycles. The van der Waals surface area contributed by atoms with Gasteiger partial charge in [0.1, 0.15) is 12.4 Å². The van der Waals surface area contributed by atoms with Gasteiger partial charge < -0.3 is 24.3 Å². The van der Waals surface area contributed by atoms with Gasteiger partial charge in [-0.2, -0.15) is 0 Å². The SMILES string of the molecule is CCOC1CCN(C(=NCc2nnc(C)n2C)NCC2CCCO2)CC1.I. The third-order valence-corrected chi connectivity index (χ3v) is 5.21. The summed E-state index contributed by atoms with van der Waals surface area (Å²) in [7, 11) is 1.98. The molecule has 3 heterocycles. The molecule has 3 rings (SSSR count). The van der Waals surface area contributed by atoms with Crippen LogP contribution >= 0.6 is 24.0 Å². The summed E-state index contributed by atoms with van der Waals surface area (Å²) >= 11 is 0. The third-order valence-electron chi connectivity index (χ3n) is 5.21. The first-order chi connectivity index (χ1) is 12.7. The van der Waals surface area contributed by atoms with Gasteiger partial charge in [0, 0.05) is 39.9 Å². The van der Waals surface area contributed by atoms with E-state index in [1.54, 1.807) is 0 Å². The lowest BCUT2D eigenvalue weighted by atomic mass is 10.1. The van der Waals surface area contributed by atoms with Crippen molar-refractivity contribution >= 4 is 29.9 Å². The van der Waals surface area contributed by atoms with Crippen molar-refractivity contribution in [2.24, 2.45) is 12.0 Å². The van der Waals surface area contributed by atoms with Crippen LogP contribution in [-0.4, -0.2) is 70.7 Å². The topological polar surface area (TPSA) is 76.8 Å². The molecule has 1 aromatic rings. The Balaban J connectivity index is 0.00000261. The molecule has 1 N–H and O–H groups in total. The Morgan fingerprint density at radius 3 is 2.67 bits per heavy atom. The second-order valence-electron chi connectivity index (χ2n) is 7.02. The summed E-state index contributed by atoms with van der Waals surface area (Å²) in [5.74, 6) is 2.72. The van der Waals surface area contributed by atoms with E-state index in [2.05, 4.69) is 27.3 Å². The molecule has 0 bridgehead atoms. The fraction of sp³-hybridized carbons (Fsp3) is 0.833. The number of aryl methyl sites for hydroxylation is 1. The molecular weight excluding hydrogens is 459 g/mol. The molecule has 2 saturated heterocycles. The molecule has 0 saturated carbocycles. The van der Waals surface area contributed by atoms with E-state index in [1.165, 1.54) is 0 Å². The van der Waals surface area contributed by atoms with Crippen molar-refractivity contribution in [3.05, 3.63) is 11.6 Å². The summed E-state index contributed by atoms with van der Waals surface area (Å²) in [6, 6.07) is 0. The molecule has 0 amide bonds. The number of piperidine rings is 1. The van der Waals surface area contributed by atoms with Crippen molar-refractivity contribution in [2.75, 3.05) is 32.8 Å². The number of nitrogens with zero attached hydrogens (tertiary/aromatic N) is 5. The Kier molecular flexibility index (Phi) is 9.24. The van der Waals surface area contributed by atoms with Gasteiger partial charge in [0.25, 0.3) is 0 Å². The molecule has 154 valence electrons. The Morgan fingerprint density at radius 2 is 2.07 bits per heavy atom. The lowest BCUT2D eigenvalue weighted by Gasteiger charge is -2.34. The van der Waals surface area contributed by atoms with E-state index in [4.69, 9.17) is 14.5 Å². The van der Waals surface area contributed by atoms with Gasteiger partial charge in [0.05, 0.1) is 12.2 Å². The average molecular weight is 492 g/mol. The fourth-order valence-corrected chi connectivity index (χ4v) is 3.48. The van der Waals surface area contributed by atoms with Gasteiger partial charge in [0.15, 0.2) is 11.8 Å². The van der Waals surface area contributed by atoms with Crippen molar-refractivity contribution in [3.63, 3.8) is 0 Å². The molecule has 0 radical (unpaired) electrons. The minimum absolute atomic E-state index is 0. The Labute approximate surface area is 179 Å². The molecule has 1 aromatic heterocycles. The number of ether oxygens (including phenoxy) is 2. The van der Waals surface area contributed by atoms with Crippen LogP contribution in [-0.2, 0) is 23.1 Å². The van der Waals surface area contributed by atoms with E-state index >= 15 is 0 Å². The molecule has 1 atom stereocenters. The monoisotopic (exact) mass is 492 g/mol. The first-order valence-electron chi connectivity index (χ1n) is 9.78. The number of likely N-dealkylation sites (tertiary alicyclic amines) is 1. The molecule has 1 unspecified atom stereocenters. The van der Waals surface area contributed by atoms with E-state index < -0.39 is 0 Å². The minimum atomic E-state index is 0. The van der Waals surface area contributed by atoms with Crippen molar-refractivity contribution < 1.29 is 9.47 Å². The van der Waals surface area contributed by atoms with Gasteiger partial charge in [0.2, 0.25) is 0 Å². The molecule has 9 heteroatoms. The quantitative estimate of drug-likeness (QED) is 0.371. The zero-order chi connectivity index (χ0) is 18.4. The van der Waals surface area contributed by atoms with Gasteiger partial charge >= 0.3 is 0 Å². The second kappa shape index (κ2) is 11.2. The summed E-state index contributed by atoms with van der Waals surface area (Å²) in [5.41, 5.74) is 0. The number of nitrogens with one attached hydrogen (secondary N) is 1. The highest BCUT2D eigenvalue weighted by Gasteiger charge is 2.23. The summed E-state index contributed by atoms with van der Waals surface area (Å²) in [5, 5.41) is 11.9. The van der Waals surface area contributed by atoms with Crippen molar-refractivity contribution in [3.8, 4) is 0 Å². The van der Waals surface area contributed by atoms with Gasteiger partial charge in [-0.05, 0) is 39.5 Å². The number of aliphatic imine (C=N–C) groups is 1. The van der Waals surface area contributed by atoms with E-state index in [0.29, 0.717) is 18.8 Å². The van der Waals surface area contributed by atoms with E-state index in [1.807, 2.05) is 18.5 Å². The van der Waals surface area contributed by atoms with Crippen molar-refractivity contribution in [2.45, 2.75) is 58.3 Å². The van der Waals surface area contributed by atoms with Crippen LogP contribution in [0, 0.1) is 6.92 Å². The predicted molar refractivity (Wildman–Crippen MR) is 115 cm³/mol. The highest BCUT2D eigenvalue weighted by molar-refractivity contribution is 14.0. The standard InChI is InChI=1S/C18H32N6O2.HI/c1-4-25-15-7-9-24(10-8-15)18(19-12-16-6-5-11-26-16)20-13-17-22-21-14(2)23(17)3;/h15-16H,4-13H2,1-3H3,(H,19,20);1H.